The molecule has 1 aromatic heterocycles. The predicted molar refractivity (Wildman–Crippen MR) is 85.4 cm³/mol. The summed E-state index contributed by atoms with van der Waals surface area (Å²) in [6.07, 6.45) is 0. The summed E-state index contributed by atoms with van der Waals surface area (Å²) in [4.78, 5) is 15.2. The second kappa shape index (κ2) is 6.26. The van der Waals surface area contributed by atoms with Crippen LogP contribution in [0.5, 0.6) is 0 Å². The van der Waals surface area contributed by atoms with Crippen LogP contribution in [0.15, 0.2) is 36.4 Å². The lowest BCUT2D eigenvalue weighted by Crippen LogP contribution is -2.19. The van der Waals surface area contributed by atoms with Crippen LogP contribution in [0.3, 0.4) is 0 Å². The maximum absolute atomic E-state index is 10.8. The molecule has 0 fully saturated rings. The van der Waals surface area contributed by atoms with Gasteiger partial charge < -0.3 is 16.4 Å². The smallest absolute Gasteiger partial charge is 0.316 e. The number of hydrogen-bond donors (Lipinski definition) is 3. The highest BCUT2D eigenvalue weighted by Gasteiger charge is 2.08. The molecular formula is C16H20N4O. The number of nitrogens with two attached hydrogens (primary N) is 1. The topological polar surface area (TPSA) is 80.0 Å². The van der Waals surface area contributed by atoms with E-state index >= 15 is 0 Å². The van der Waals surface area contributed by atoms with Gasteiger partial charge in [0.15, 0.2) is 0 Å². The molecule has 2 amide bonds. The largest absolute Gasteiger partial charge is 0.377 e. The van der Waals surface area contributed by atoms with Crippen molar-refractivity contribution >= 4 is 17.4 Å². The molecule has 2 aromatic rings. The van der Waals surface area contributed by atoms with Crippen molar-refractivity contribution in [2.45, 2.75) is 26.8 Å². The first-order chi connectivity index (χ1) is 9.95. The number of hydrogen-bond acceptors (Lipinski definition) is 3. The monoisotopic (exact) mass is 284 g/mol. The number of aromatic nitrogens is 1. The van der Waals surface area contributed by atoms with Gasteiger partial charge in [0.2, 0.25) is 0 Å². The van der Waals surface area contributed by atoms with Gasteiger partial charge in [0, 0.05) is 17.4 Å². The van der Waals surface area contributed by atoms with Crippen molar-refractivity contribution in [3.05, 3.63) is 53.3 Å². The molecule has 0 aliphatic carbocycles. The molecule has 0 aliphatic heterocycles. The summed E-state index contributed by atoms with van der Waals surface area (Å²) in [5.74, 6) is 0. The van der Waals surface area contributed by atoms with Crippen molar-refractivity contribution < 1.29 is 4.79 Å². The summed E-state index contributed by atoms with van der Waals surface area (Å²) in [5.41, 5.74) is 9.89. The zero-order chi connectivity index (χ0) is 15.4. The zero-order valence-corrected chi connectivity index (χ0v) is 12.5. The maximum Gasteiger partial charge on any atom is 0.316 e. The van der Waals surface area contributed by atoms with Crippen molar-refractivity contribution in [1.82, 2.24) is 4.98 Å². The van der Waals surface area contributed by atoms with Crippen LogP contribution in [-0.2, 0) is 0 Å². The molecule has 1 aromatic carbocycles. The lowest BCUT2D eigenvalue weighted by Gasteiger charge is -2.17. The summed E-state index contributed by atoms with van der Waals surface area (Å²) in [6.45, 7) is 6.04. The first-order valence-corrected chi connectivity index (χ1v) is 6.83. The van der Waals surface area contributed by atoms with Gasteiger partial charge in [0.05, 0.1) is 11.4 Å². The van der Waals surface area contributed by atoms with Crippen LogP contribution in [0.2, 0.25) is 0 Å². The number of nitrogens with zero attached hydrogens (tertiary/aromatic N) is 1. The van der Waals surface area contributed by atoms with Crippen molar-refractivity contribution in [3.8, 4) is 0 Å². The van der Waals surface area contributed by atoms with Gasteiger partial charge >= 0.3 is 6.03 Å². The molecule has 0 spiro atoms. The molecule has 0 saturated carbocycles. The van der Waals surface area contributed by atoms with Crippen LogP contribution < -0.4 is 16.4 Å². The summed E-state index contributed by atoms with van der Waals surface area (Å²) in [6, 6.07) is 11.2. The molecule has 1 heterocycles. The second-order valence-electron chi connectivity index (χ2n) is 5.06. The maximum atomic E-state index is 10.8. The first-order valence-electron chi connectivity index (χ1n) is 6.83. The van der Waals surface area contributed by atoms with E-state index in [1.54, 1.807) is 0 Å². The normalized spacial score (nSPS) is 11.8. The van der Waals surface area contributed by atoms with E-state index in [1.807, 2.05) is 50.2 Å². The van der Waals surface area contributed by atoms with Crippen molar-refractivity contribution in [1.29, 1.82) is 0 Å². The molecular weight excluding hydrogens is 264 g/mol. The van der Waals surface area contributed by atoms with Gasteiger partial charge in [-0.05, 0) is 50.6 Å². The number of pyridine rings is 1. The fourth-order valence-electron chi connectivity index (χ4n) is 2.15. The lowest BCUT2D eigenvalue weighted by atomic mass is 10.1. The van der Waals surface area contributed by atoms with E-state index in [-0.39, 0.29) is 6.04 Å². The lowest BCUT2D eigenvalue weighted by molar-refractivity contribution is 0.259. The van der Waals surface area contributed by atoms with E-state index in [0.717, 1.165) is 22.6 Å². The molecule has 110 valence electrons. The molecule has 0 bridgehead atoms. The number of carbonyl (C=O) groups excluding carboxylic acids is 1. The van der Waals surface area contributed by atoms with Crippen LogP contribution >= 0.6 is 0 Å². The molecule has 21 heavy (non-hydrogen) atoms. The minimum absolute atomic E-state index is 0.135. The minimum atomic E-state index is -0.560. The highest BCUT2D eigenvalue weighted by Crippen LogP contribution is 2.22. The van der Waals surface area contributed by atoms with Crippen LogP contribution in [-0.4, -0.2) is 11.0 Å². The Kier molecular flexibility index (Phi) is 4.42. The number of urea groups is 1. The summed E-state index contributed by atoms with van der Waals surface area (Å²) in [5, 5.41) is 5.98. The van der Waals surface area contributed by atoms with E-state index in [0.29, 0.717) is 5.69 Å². The van der Waals surface area contributed by atoms with Gasteiger partial charge in [-0.25, -0.2) is 4.79 Å². The minimum Gasteiger partial charge on any atom is -0.377 e. The number of amides is 2. The fraction of sp³-hybridized carbons (Fsp3) is 0.250. The van der Waals surface area contributed by atoms with E-state index in [9.17, 15) is 4.79 Å². The molecule has 1 unspecified atom stereocenters. The first kappa shape index (κ1) is 14.8. The summed E-state index contributed by atoms with van der Waals surface area (Å²) in [7, 11) is 0. The van der Waals surface area contributed by atoms with E-state index < -0.39 is 6.03 Å². The predicted octanol–water partition coefficient (Wildman–Crippen LogP) is 3.36. The Hall–Kier alpha value is -2.56. The van der Waals surface area contributed by atoms with Crippen molar-refractivity contribution in [2.75, 3.05) is 10.6 Å². The molecule has 4 N–H and O–H groups in total. The molecule has 1 atom stereocenters. The fourth-order valence-corrected chi connectivity index (χ4v) is 2.15. The number of primary amides is 1. The molecule has 0 saturated heterocycles. The summed E-state index contributed by atoms with van der Waals surface area (Å²) >= 11 is 0. The van der Waals surface area contributed by atoms with Crippen LogP contribution in [0.4, 0.5) is 16.2 Å². The zero-order valence-electron chi connectivity index (χ0n) is 12.5. The van der Waals surface area contributed by atoms with Gasteiger partial charge in [-0.2, -0.15) is 0 Å². The molecule has 0 aliphatic rings. The third-order valence-electron chi connectivity index (χ3n) is 3.28. The van der Waals surface area contributed by atoms with Crippen LogP contribution in [0.25, 0.3) is 0 Å². The average molecular weight is 284 g/mol. The molecule has 5 heteroatoms. The third kappa shape index (κ3) is 3.95. The number of rotatable bonds is 4. The highest BCUT2D eigenvalue weighted by atomic mass is 16.2. The molecule has 5 nitrogen and oxygen atoms in total. The third-order valence-corrected chi connectivity index (χ3v) is 3.28. The average Bonchev–Trinajstić information content (AvgIpc) is 2.42. The number of carbonyl (C=O) groups is 1. The summed E-state index contributed by atoms with van der Waals surface area (Å²) < 4.78 is 0. The van der Waals surface area contributed by atoms with E-state index in [2.05, 4.69) is 22.5 Å². The van der Waals surface area contributed by atoms with Gasteiger partial charge in [0.1, 0.15) is 0 Å². The molecule has 2 rings (SSSR count). The standard InChI is InChI=1S/C16H20N4O/c1-10-4-9-15(12(3)18-10)19-11(2)13-5-7-14(8-6-13)20-16(17)21/h4-9,11,19H,1-3H3,(H3,17,20,21). The number of nitrogens with one attached hydrogen (secondary N) is 2. The Bertz CT molecular complexity index is 637. The van der Waals surface area contributed by atoms with Gasteiger partial charge in [-0.3, -0.25) is 4.98 Å². The van der Waals surface area contributed by atoms with Gasteiger partial charge in [-0.15, -0.1) is 0 Å². The van der Waals surface area contributed by atoms with Crippen LogP contribution in [0.1, 0.15) is 29.9 Å². The Labute approximate surface area is 124 Å². The second-order valence-corrected chi connectivity index (χ2v) is 5.06. The Morgan fingerprint density at radius 1 is 1.14 bits per heavy atom. The highest BCUT2D eigenvalue weighted by molar-refractivity contribution is 5.87. The van der Waals surface area contributed by atoms with Crippen molar-refractivity contribution in [3.63, 3.8) is 0 Å². The Balaban J connectivity index is 2.09. The van der Waals surface area contributed by atoms with E-state index in [1.165, 1.54) is 0 Å². The Morgan fingerprint density at radius 2 is 1.81 bits per heavy atom. The van der Waals surface area contributed by atoms with E-state index in [4.69, 9.17) is 5.73 Å². The number of anilines is 2. The molecule has 0 radical (unpaired) electrons. The number of aryl methyl sites for hydroxylation is 2. The van der Waals surface area contributed by atoms with Gasteiger partial charge in [-0.1, -0.05) is 12.1 Å². The SMILES string of the molecule is Cc1ccc(NC(C)c2ccc(NC(N)=O)cc2)c(C)n1. The van der Waals surface area contributed by atoms with Crippen molar-refractivity contribution in [2.24, 2.45) is 5.73 Å². The van der Waals surface area contributed by atoms with Gasteiger partial charge in [0.25, 0.3) is 0 Å². The quantitative estimate of drug-likeness (QED) is 0.805. The Morgan fingerprint density at radius 3 is 2.38 bits per heavy atom. The van der Waals surface area contributed by atoms with Crippen LogP contribution in [0, 0.1) is 13.8 Å². The number of benzene rings is 1.